The molecule has 3 aromatic rings. The van der Waals surface area contributed by atoms with E-state index in [1.54, 1.807) is 0 Å². The summed E-state index contributed by atoms with van der Waals surface area (Å²) in [6.07, 6.45) is 5.82. The Labute approximate surface area is 180 Å². The molecule has 0 saturated heterocycles. The molecule has 2 aliphatic rings. The summed E-state index contributed by atoms with van der Waals surface area (Å²) in [7, 11) is 0. The van der Waals surface area contributed by atoms with E-state index < -0.39 is 0 Å². The summed E-state index contributed by atoms with van der Waals surface area (Å²) in [5, 5.41) is 6.15. The highest BCUT2D eigenvalue weighted by Gasteiger charge is 2.39. The number of hydrogen-bond donors (Lipinski definition) is 0. The molecule has 6 heteroatoms. The van der Waals surface area contributed by atoms with Crippen molar-refractivity contribution in [3.05, 3.63) is 69.8 Å². The van der Waals surface area contributed by atoms with Crippen LogP contribution in [0.5, 0.6) is 0 Å². The Morgan fingerprint density at radius 1 is 0.931 bits per heavy atom. The van der Waals surface area contributed by atoms with Crippen LogP contribution in [0, 0.1) is 0 Å². The van der Waals surface area contributed by atoms with Crippen molar-refractivity contribution in [2.75, 3.05) is 0 Å². The molecule has 0 N–H and O–H groups in total. The van der Waals surface area contributed by atoms with E-state index in [-0.39, 0.29) is 5.91 Å². The summed E-state index contributed by atoms with van der Waals surface area (Å²) < 4.78 is 1.84. The van der Waals surface area contributed by atoms with Gasteiger partial charge in [0.05, 0.1) is 29.2 Å². The molecular formula is C23H21Cl2N3O. The maximum Gasteiger partial charge on any atom is 0.258 e. The summed E-state index contributed by atoms with van der Waals surface area (Å²) in [4.78, 5) is 15.5. The predicted molar refractivity (Wildman–Crippen MR) is 116 cm³/mol. The molecule has 2 aromatic carbocycles. The van der Waals surface area contributed by atoms with Crippen LogP contribution in [0.3, 0.4) is 0 Å². The quantitative estimate of drug-likeness (QED) is 0.505. The van der Waals surface area contributed by atoms with Gasteiger partial charge in [-0.25, -0.2) is 4.68 Å². The molecule has 0 radical (unpaired) electrons. The lowest BCUT2D eigenvalue weighted by Gasteiger charge is -2.31. The van der Waals surface area contributed by atoms with Gasteiger partial charge >= 0.3 is 0 Å². The highest BCUT2D eigenvalue weighted by atomic mass is 35.5. The van der Waals surface area contributed by atoms with E-state index in [0.717, 1.165) is 35.5 Å². The summed E-state index contributed by atoms with van der Waals surface area (Å²) in [5.74, 6) is 0.0881. The maximum absolute atomic E-state index is 13.5. The number of rotatable bonds is 3. The molecule has 148 valence electrons. The van der Waals surface area contributed by atoms with E-state index in [4.69, 9.17) is 28.3 Å². The van der Waals surface area contributed by atoms with Gasteiger partial charge in [0.2, 0.25) is 0 Å². The highest BCUT2D eigenvalue weighted by Crippen LogP contribution is 2.38. The Kier molecular flexibility index (Phi) is 4.84. The van der Waals surface area contributed by atoms with Gasteiger partial charge in [0.1, 0.15) is 0 Å². The van der Waals surface area contributed by atoms with Crippen molar-refractivity contribution in [2.45, 2.75) is 44.7 Å². The van der Waals surface area contributed by atoms with Crippen LogP contribution in [-0.4, -0.2) is 26.6 Å². The molecule has 4 nitrogen and oxygen atoms in total. The molecule has 1 aromatic heterocycles. The third-order valence-electron chi connectivity index (χ3n) is 5.94. The smallest absolute Gasteiger partial charge is 0.258 e. The van der Waals surface area contributed by atoms with Crippen LogP contribution in [0.25, 0.3) is 16.9 Å². The zero-order valence-corrected chi connectivity index (χ0v) is 17.5. The second-order valence-electron chi connectivity index (χ2n) is 7.79. The van der Waals surface area contributed by atoms with E-state index in [1.807, 2.05) is 58.1 Å². The summed E-state index contributed by atoms with van der Waals surface area (Å²) >= 11 is 12.3. The summed E-state index contributed by atoms with van der Waals surface area (Å²) in [6.45, 7) is 0.576. The molecule has 1 amide bonds. The van der Waals surface area contributed by atoms with Gasteiger partial charge in [-0.3, -0.25) is 4.79 Å². The first kappa shape index (κ1) is 18.7. The van der Waals surface area contributed by atoms with Crippen LogP contribution in [0.1, 0.15) is 48.2 Å². The van der Waals surface area contributed by atoms with Crippen molar-refractivity contribution in [2.24, 2.45) is 0 Å². The minimum absolute atomic E-state index is 0.0881. The van der Waals surface area contributed by atoms with E-state index in [1.165, 1.54) is 19.3 Å². The molecule has 0 bridgehead atoms. The maximum atomic E-state index is 13.5. The van der Waals surface area contributed by atoms with Crippen LogP contribution in [0.4, 0.5) is 0 Å². The zero-order chi connectivity index (χ0) is 20.0. The fourth-order valence-corrected chi connectivity index (χ4v) is 4.84. The molecule has 0 atom stereocenters. The number of halogens is 2. The zero-order valence-electron chi connectivity index (χ0n) is 15.9. The number of amides is 1. The van der Waals surface area contributed by atoms with Crippen LogP contribution in [-0.2, 0) is 6.54 Å². The van der Waals surface area contributed by atoms with Crippen molar-refractivity contribution in [3.8, 4) is 16.9 Å². The number of carbonyl (C=O) groups excluding carboxylic acids is 1. The van der Waals surface area contributed by atoms with Crippen LogP contribution in [0.2, 0.25) is 10.0 Å². The number of fused-ring (bicyclic) bond motifs is 1. The Balaban J connectivity index is 1.63. The fraction of sp³-hybridized carbons (Fsp3) is 0.304. The Morgan fingerprint density at radius 3 is 2.41 bits per heavy atom. The number of hydrogen-bond acceptors (Lipinski definition) is 2. The van der Waals surface area contributed by atoms with Crippen molar-refractivity contribution < 1.29 is 4.79 Å². The van der Waals surface area contributed by atoms with E-state index >= 15 is 0 Å². The van der Waals surface area contributed by atoms with Gasteiger partial charge in [0.25, 0.3) is 5.91 Å². The normalized spacial score (nSPS) is 17.0. The van der Waals surface area contributed by atoms with Crippen LogP contribution in [0.15, 0.2) is 48.5 Å². The molecule has 1 aliphatic carbocycles. The van der Waals surface area contributed by atoms with Gasteiger partial charge in [0, 0.05) is 21.7 Å². The van der Waals surface area contributed by atoms with Crippen molar-refractivity contribution in [1.29, 1.82) is 0 Å². The van der Waals surface area contributed by atoms with Crippen molar-refractivity contribution in [3.63, 3.8) is 0 Å². The van der Waals surface area contributed by atoms with Gasteiger partial charge in [-0.05, 0) is 43.2 Å². The topological polar surface area (TPSA) is 38.1 Å². The first-order valence-corrected chi connectivity index (χ1v) is 10.8. The molecule has 0 spiro atoms. The molecule has 29 heavy (non-hydrogen) atoms. The Bertz CT molecular complexity index is 1070. The second-order valence-corrected chi connectivity index (χ2v) is 8.67. The minimum Gasteiger partial charge on any atom is -0.330 e. The SMILES string of the molecule is O=C1c2c(nn(-c3cccc(Cl)c3)c2-c2ccc(Cl)cc2)CN1C1CCCCC1. The monoisotopic (exact) mass is 425 g/mol. The van der Waals surface area contributed by atoms with Crippen molar-refractivity contribution in [1.82, 2.24) is 14.7 Å². The van der Waals surface area contributed by atoms with E-state index in [2.05, 4.69) is 0 Å². The Morgan fingerprint density at radius 2 is 1.69 bits per heavy atom. The number of aromatic nitrogens is 2. The number of nitrogens with zero attached hydrogens (tertiary/aromatic N) is 3. The van der Waals surface area contributed by atoms with Crippen LogP contribution >= 0.6 is 23.2 Å². The van der Waals surface area contributed by atoms with Gasteiger partial charge < -0.3 is 4.90 Å². The molecular weight excluding hydrogens is 405 g/mol. The first-order chi connectivity index (χ1) is 14.1. The molecule has 1 fully saturated rings. The number of carbonyl (C=O) groups is 1. The third kappa shape index (κ3) is 3.34. The van der Waals surface area contributed by atoms with Crippen molar-refractivity contribution >= 4 is 29.1 Å². The number of benzene rings is 2. The third-order valence-corrected chi connectivity index (χ3v) is 6.43. The van der Waals surface area contributed by atoms with E-state index in [9.17, 15) is 4.79 Å². The molecule has 1 saturated carbocycles. The average molecular weight is 426 g/mol. The lowest BCUT2D eigenvalue weighted by Crippen LogP contribution is -2.37. The van der Waals surface area contributed by atoms with Gasteiger partial charge in [0.15, 0.2) is 0 Å². The standard InChI is InChI=1S/C23H21Cl2N3O/c24-16-11-9-15(10-12-16)22-21-20(26-28(22)19-8-4-5-17(25)13-19)14-27(23(21)29)18-6-2-1-3-7-18/h4-5,8-13,18H,1-3,6-7,14H2. The lowest BCUT2D eigenvalue weighted by molar-refractivity contribution is 0.0657. The van der Waals surface area contributed by atoms with E-state index in [0.29, 0.717) is 28.2 Å². The van der Waals surface area contributed by atoms with Crippen LogP contribution < -0.4 is 0 Å². The molecule has 1 aliphatic heterocycles. The fourth-order valence-electron chi connectivity index (χ4n) is 4.53. The lowest BCUT2D eigenvalue weighted by atomic mass is 9.94. The van der Waals surface area contributed by atoms with Gasteiger partial charge in [-0.1, -0.05) is 60.7 Å². The minimum atomic E-state index is 0.0881. The van der Waals surface area contributed by atoms with Gasteiger partial charge in [-0.2, -0.15) is 5.10 Å². The predicted octanol–water partition coefficient (Wildman–Crippen LogP) is 6.13. The molecule has 0 unspecified atom stereocenters. The summed E-state index contributed by atoms with van der Waals surface area (Å²) in [6, 6.07) is 15.4. The largest absolute Gasteiger partial charge is 0.330 e. The summed E-state index contributed by atoms with van der Waals surface area (Å²) in [5.41, 5.74) is 4.11. The molecule has 5 rings (SSSR count). The second kappa shape index (κ2) is 7.51. The first-order valence-electron chi connectivity index (χ1n) is 10.1. The average Bonchev–Trinajstić information content (AvgIpc) is 3.26. The Hall–Kier alpha value is -2.30. The highest BCUT2D eigenvalue weighted by molar-refractivity contribution is 6.31. The molecule has 2 heterocycles. The van der Waals surface area contributed by atoms with Gasteiger partial charge in [-0.15, -0.1) is 0 Å².